The van der Waals surface area contributed by atoms with Crippen LogP contribution in [0.4, 0.5) is 5.69 Å². The van der Waals surface area contributed by atoms with Crippen molar-refractivity contribution in [1.29, 1.82) is 0 Å². The smallest absolute Gasteiger partial charge is 0.230 e. The van der Waals surface area contributed by atoms with Crippen LogP contribution in [0.5, 0.6) is 0 Å². The first-order chi connectivity index (χ1) is 10.1. The van der Waals surface area contributed by atoms with Crippen LogP contribution in [0, 0.1) is 0 Å². The van der Waals surface area contributed by atoms with Crippen molar-refractivity contribution in [2.24, 2.45) is 0 Å². The minimum absolute atomic E-state index is 0.0848. The number of carbonyl (C=O) groups excluding carboxylic acids is 2. The molecule has 4 heteroatoms. The van der Waals surface area contributed by atoms with E-state index >= 15 is 0 Å². The Balaban J connectivity index is 2.09. The number of amides is 2. The van der Waals surface area contributed by atoms with Gasteiger partial charge in [0.05, 0.1) is 5.41 Å². The van der Waals surface area contributed by atoms with Crippen molar-refractivity contribution in [3.8, 4) is 0 Å². The third kappa shape index (κ3) is 3.43. The van der Waals surface area contributed by atoms with Gasteiger partial charge in [-0.1, -0.05) is 31.9 Å². The highest BCUT2D eigenvalue weighted by Crippen LogP contribution is 2.44. The van der Waals surface area contributed by atoms with Crippen molar-refractivity contribution in [3.05, 3.63) is 29.8 Å². The fourth-order valence-electron chi connectivity index (χ4n) is 2.80. The summed E-state index contributed by atoms with van der Waals surface area (Å²) in [5, 5.41) is 5.81. The molecule has 1 aromatic rings. The van der Waals surface area contributed by atoms with Gasteiger partial charge in [-0.3, -0.25) is 9.59 Å². The second-order valence-corrected chi connectivity index (χ2v) is 5.80. The van der Waals surface area contributed by atoms with Gasteiger partial charge in [0, 0.05) is 19.2 Å². The fraction of sp³-hybridized carbons (Fsp3) is 0.529. The third-order valence-corrected chi connectivity index (χ3v) is 4.22. The molecule has 4 nitrogen and oxygen atoms in total. The summed E-state index contributed by atoms with van der Waals surface area (Å²) in [6, 6.07) is 7.67. The quantitative estimate of drug-likeness (QED) is 0.791. The van der Waals surface area contributed by atoms with Crippen molar-refractivity contribution in [1.82, 2.24) is 5.32 Å². The largest absolute Gasteiger partial charge is 0.355 e. The summed E-state index contributed by atoms with van der Waals surface area (Å²) in [4.78, 5) is 23.5. The lowest BCUT2D eigenvalue weighted by molar-refractivity contribution is -0.129. The summed E-state index contributed by atoms with van der Waals surface area (Å²) in [6.45, 7) is 4.36. The molecule has 0 bridgehead atoms. The molecule has 1 aromatic carbocycles. The molecule has 2 N–H and O–H groups in total. The lowest BCUT2D eigenvalue weighted by atomic mass is 9.63. The van der Waals surface area contributed by atoms with Gasteiger partial charge in [-0.15, -0.1) is 0 Å². The predicted octanol–water partition coefficient (Wildman–Crippen LogP) is 2.98. The van der Waals surface area contributed by atoms with Crippen molar-refractivity contribution >= 4 is 17.5 Å². The summed E-state index contributed by atoms with van der Waals surface area (Å²) in [7, 11) is 0. The second-order valence-electron chi connectivity index (χ2n) is 5.80. The van der Waals surface area contributed by atoms with E-state index in [0.717, 1.165) is 49.9 Å². The summed E-state index contributed by atoms with van der Waals surface area (Å²) in [5.74, 6) is 0.0629. The molecule has 0 heterocycles. The highest BCUT2D eigenvalue weighted by molar-refractivity contribution is 5.90. The zero-order chi connectivity index (χ0) is 15.3. The zero-order valence-corrected chi connectivity index (χ0v) is 12.9. The van der Waals surface area contributed by atoms with Crippen LogP contribution in [0.15, 0.2) is 24.3 Å². The van der Waals surface area contributed by atoms with E-state index in [4.69, 9.17) is 0 Å². The van der Waals surface area contributed by atoms with Crippen molar-refractivity contribution < 1.29 is 9.59 Å². The molecular formula is C17H24N2O2. The molecule has 0 unspecified atom stereocenters. The van der Waals surface area contributed by atoms with Gasteiger partial charge < -0.3 is 10.6 Å². The predicted molar refractivity (Wildman–Crippen MR) is 84.2 cm³/mol. The summed E-state index contributed by atoms with van der Waals surface area (Å²) in [5.41, 5.74) is 1.46. The Hall–Kier alpha value is -1.84. The SMILES string of the molecule is CCCCNC(=O)C1(c2ccc(NC(C)=O)cc2)CCC1. The number of unbranched alkanes of at least 4 members (excludes halogenated alkanes) is 1. The normalized spacial score (nSPS) is 15.9. The molecule has 114 valence electrons. The standard InChI is InChI=1S/C17H24N2O2/c1-3-4-12-18-16(21)17(10-5-11-17)14-6-8-15(9-7-14)19-13(2)20/h6-9H,3-5,10-12H2,1-2H3,(H,18,21)(H,19,20). The van der Waals surface area contributed by atoms with E-state index in [9.17, 15) is 9.59 Å². The van der Waals surface area contributed by atoms with Crippen LogP contribution in [0.25, 0.3) is 0 Å². The van der Waals surface area contributed by atoms with Crippen LogP contribution in [-0.2, 0) is 15.0 Å². The van der Waals surface area contributed by atoms with Crippen molar-refractivity contribution in [2.75, 3.05) is 11.9 Å². The monoisotopic (exact) mass is 288 g/mol. The first-order valence-electron chi connectivity index (χ1n) is 7.75. The molecule has 1 aliphatic rings. The number of hydrogen-bond acceptors (Lipinski definition) is 2. The molecule has 1 saturated carbocycles. The van der Waals surface area contributed by atoms with Crippen LogP contribution < -0.4 is 10.6 Å². The van der Waals surface area contributed by atoms with Crippen LogP contribution in [-0.4, -0.2) is 18.4 Å². The van der Waals surface area contributed by atoms with Gasteiger partial charge in [-0.05, 0) is 37.0 Å². The fourth-order valence-corrected chi connectivity index (χ4v) is 2.80. The molecule has 0 aromatic heterocycles. The molecule has 0 saturated heterocycles. The first kappa shape index (κ1) is 15.5. The molecule has 0 atom stereocenters. The van der Waals surface area contributed by atoms with Crippen LogP contribution in [0.1, 0.15) is 51.5 Å². The second kappa shape index (κ2) is 6.74. The zero-order valence-electron chi connectivity index (χ0n) is 12.9. The van der Waals surface area contributed by atoms with E-state index in [1.54, 1.807) is 0 Å². The van der Waals surface area contributed by atoms with Crippen LogP contribution in [0.3, 0.4) is 0 Å². The van der Waals surface area contributed by atoms with Gasteiger partial charge in [0.15, 0.2) is 0 Å². The van der Waals surface area contributed by atoms with E-state index < -0.39 is 0 Å². The molecule has 0 aliphatic heterocycles. The lowest BCUT2D eigenvalue weighted by Crippen LogP contribution is -2.49. The Labute approximate surface area is 126 Å². The first-order valence-corrected chi connectivity index (χ1v) is 7.75. The highest BCUT2D eigenvalue weighted by Gasteiger charge is 2.45. The van der Waals surface area contributed by atoms with E-state index in [0.29, 0.717) is 0 Å². The van der Waals surface area contributed by atoms with E-state index in [1.807, 2.05) is 24.3 Å². The minimum atomic E-state index is -0.359. The molecule has 2 amide bonds. The summed E-state index contributed by atoms with van der Waals surface area (Å²) in [6.07, 6.45) is 5.01. The molecule has 21 heavy (non-hydrogen) atoms. The van der Waals surface area contributed by atoms with Gasteiger partial charge in [0.25, 0.3) is 0 Å². The Morgan fingerprint density at radius 2 is 1.86 bits per heavy atom. The average molecular weight is 288 g/mol. The van der Waals surface area contributed by atoms with Gasteiger partial charge >= 0.3 is 0 Å². The van der Waals surface area contributed by atoms with Gasteiger partial charge in [-0.2, -0.15) is 0 Å². The third-order valence-electron chi connectivity index (χ3n) is 4.22. The summed E-state index contributed by atoms with van der Waals surface area (Å²) < 4.78 is 0. The van der Waals surface area contributed by atoms with E-state index in [1.165, 1.54) is 6.92 Å². The van der Waals surface area contributed by atoms with Crippen LogP contribution in [0.2, 0.25) is 0 Å². The van der Waals surface area contributed by atoms with E-state index in [2.05, 4.69) is 17.6 Å². The number of anilines is 1. The number of hydrogen-bond donors (Lipinski definition) is 2. The molecule has 0 radical (unpaired) electrons. The Morgan fingerprint density at radius 1 is 1.19 bits per heavy atom. The Kier molecular flexibility index (Phi) is 4.99. The molecular weight excluding hydrogens is 264 g/mol. The summed E-state index contributed by atoms with van der Waals surface area (Å²) >= 11 is 0. The van der Waals surface area contributed by atoms with Crippen molar-refractivity contribution in [2.45, 2.75) is 51.4 Å². The Bertz CT molecular complexity index is 504. The van der Waals surface area contributed by atoms with Gasteiger partial charge in [-0.25, -0.2) is 0 Å². The molecule has 0 spiro atoms. The maximum atomic E-state index is 12.5. The maximum absolute atomic E-state index is 12.5. The van der Waals surface area contributed by atoms with Crippen LogP contribution >= 0.6 is 0 Å². The number of carbonyl (C=O) groups is 2. The lowest BCUT2D eigenvalue weighted by Gasteiger charge is -2.40. The Morgan fingerprint density at radius 3 is 2.33 bits per heavy atom. The average Bonchev–Trinajstić information content (AvgIpc) is 2.39. The number of rotatable bonds is 6. The van der Waals surface area contributed by atoms with Gasteiger partial charge in [0.2, 0.25) is 11.8 Å². The topological polar surface area (TPSA) is 58.2 Å². The van der Waals surface area contributed by atoms with E-state index in [-0.39, 0.29) is 17.2 Å². The molecule has 1 aliphatic carbocycles. The van der Waals surface area contributed by atoms with Gasteiger partial charge in [0.1, 0.15) is 0 Å². The van der Waals surface area contributed by atoms with Crippen molar-refractivity contribution in [3.63, 3.8) is 0 Å². The maximum Gasteiger partial charge on any atom is 0.230 e. The number of nitrogens with one attached hydrogen (secondary N) is 2. The number of benzene rings is 1. The highest BCUT2D eigenvalue weighted by atomic mass is 16.2. The molecule has 1 fully saturated rings. The minimum Gasteiger partial charge on any atom is -0.355 e. The molecule has 2 rings (SSSR count).